The van der Waals surface area contributed by atoms with E-state index in [0.29, 0.717) is 46.3 Å². The number of ether oxygens (including phenoxy) is 2. The van der Waals surface area contributed by atoms with E-state index in [-0.39, 0.29) is 0 Å². The highest BCUT2D eigenvalue weighted by atomic mass is 35.5. The molecule has 0 aliphatic carbocycles. The lowest BCUT2D eigenvalue weighted by Gasteiger charge is -2.20. The van der Waals surface area contributed by atoms with Gasteiger partial charge in [-0.15, -0.1) is 0 Å². The molecule has 0 atom stereocenters. The molecule has 2 aromatic rings. The van der Waals surface area contributed by atoms with Crippen LogP contribution in [0.2, 0.25) is 15.1 Å². The van der Waals surface area contributed by atoms with E-state index >= 15 is 0 Å². The van der Waals surface area contributed by atoms with Crippen LogP contribution in [0.3, 0.4) is 0 Å². The Bertz CT molecular complexity index is 656. The van der Waals surface area contributed by atoms with Crippen molar-refractivity contribution >= 4 is 40.5 Å². The zero-order valence-electron chi connectivity index (χ0n) is 11.0. The smallest absolute Gasteiger partial charge is 0.179 e. The number of benzene rings is 2. The summed E-state index contributed by atoms with van der Waals surface area (Å²) in [4.78, 5) is 0. The molecule has 1 aliphatic rings. The van der Waals surface area contributed by atoms with E-state index < -0.39 is 0 Å². The van der Waals surface area contributed by atoms with Gasteiger partial charge in [0.25, 0.3) is 0 Å². The first-order valence-electron chi connectivity index (χ1n) is 6.40. The molecule has 0 amide bonds. The number of fused-ring (bicyclic) bond motifs is 1. The van der Waals surface area contributed by atoms with E-state index in [1.807, 2.05) is 24.3 Å². The fourth-order valence-electron chi connectivity index (χ4n) is 2.13. The van der Waals surface area contributed by atoms with E-state index in [1.165, 1.54) is 0 Å². The highest BCUT2D eigenvalue weighted by Crippen LogP contribution is 2.38. The highest BCUT2D eigenvalue weighted by molar-refractivity contribution is 6.35. The van der Waals surface area contributed by atoms with Crippen molar-refractivity contribution < 1.29 is 9.47 Å². The molecule has 0 spiro atoms. The van der Waals surface area contributed by atoms with Crippen molar-refractivity contribution in [3.8, 4) is 11.5 Å². The van der Waals surface area contributed by atoms with Gasteiger partial charge in [-0.1, -0.05) is 34.8 Å². The number of nitrogens with one attached hydrogen (secondary N) is 1. The average Bonchev–Trinajstić information content (AvgIpc) is 2.44. The minimum Gasteiger partial charge on any atom is -0.486 e. The second-order valence-corrected chi connectivity index (χ2v) is 5.89. The van der Waals surface area contributed by atoms with Crippen molar-refractivity contribution in [1.29, 1.82) is 0 Å². The Labute approximate surface area is 137 Å². The zero-order valence-corrected chi connectivity index (χ0v) is 13.2. The molecule has 0 aromatic heterocycles. The first kappa shape index (κ1) is 14.6. The van der Waals surface area contributed by atoms with Crippen LogP contribution in [0, 0.1) is 0 Å². The van der Waals surface area contributed by atoms with E-state index in [2.05, 4.69) is 5.32 Å². The molecule has 0 saturated heterocycles. The molecule has 21 heavy (non-hydrogen) atoms. The van der Waals surface area contributed by atoms with Crippen LogP contribution in [-0.2, 0) is 6.54 Å². The maximum absolute atomic E-state index is 6.20. The van der Waals surface area contributed by atoms with Crippen molar-refractivity contribution in [2.45, 2.75) is 6.54 Å². The van der Waals surface area contributed by atoms with Gasteiger partial charge in [0.15, 0.2) is 11.5 Å². The van der Waals surface area contributed by atoms with Crippen molar-refractivity contribution in [1.82, 2.24) is 0 Å². The zero-order chi connectivity index (χ0) is 14.8. The molecule has 3 nitrogen and oxygen atoms in total. The Morgan fingerprint density at radius 1 is 0.905 bits per heavy atom. The number of halogens is 3. The SMILES string of the molecule is Clc1cc(Cl)cc(NCc2cc(Cl)c3c(c2)OCCO3)c1. The summed E-state index contributed by atoms with van der Waals surface area (Å²) >= 11 is 18.1. The first-order chi connectivity index (χ1) is 10.1. The molecule has 2 aromatic carbocycles. The molecule has 0 unspecified atom stereocenters. The van der Waals surface area contributed by atoms with Crippen molar-refractivity contribution in [2.75, 3.05) is 18.5 Å². The maximum atomic E-state index is 6.20. The number of rotatable bonds is 3. The van der Waals surface area contributed by atoms with E-state index in [4.69, 9.17) is 44.3 Å². The molecule has 1 heterocycles. The third kappa shape index (κ3) is 3.49. The third-order valence-corrected chi connectivity index (χ3v) is 3.73. The summed E-state index contributed by atoms with van der Waals surface area (Å²) in [6, 6.07) is 9.09. The van der Waals surface area contributed by atoms with Gasteiger partial charge in [-0.05, 0) is 35.9 Å². The predicted molar refractivity (Wildman–Crippen MR) is 86.2 cm³/mol. The Morgan fingerprint density at radius 2 is 1.62 bits per heavy atom. The molecular formula is C15H12Cl3NO2. The summed E-state index contributed by atoms with van der Waals surface area (Å²) in [7, 11) is 0. The minimum atomic E-state index is 0.519. The van der Waals surface area contributed by atoms with Crippen LogP contribution in [0.25, 0.3) is 0 Å². The lowest BCUT2D eigenvalue weighted by Crippen LogP contribution is -2.16. The summed E-state index contributed by atoms with van der Waals surface area (Å²) < 4.78 is 11.0. The largest absolute Gasteiger partial charge is 0.486 e. The monoisotopic (exact) mass is 343 g/mol. The summed E-state index contributed by atoms with van der Waals surface area (Å²) in [5.74, 6) is 1.28. The van der Waals surface area contributed by atoms with Gasteiger partial charge in [-0.2, -0.15) is 0 Å². The number of hydrogen-bond acceptors (Lipinski definition) is 3. The second kappa shape index (κ2) is 6.22. The quantitative estimate of drug-likeness (QED) is 0.847. The standard InChI is InChI=1S/C15H12Cl3NO2/c16-10-5-11(17)7-12(6-10)19-8-9-3-13(18)15-14(4-9)20-1-2-21-15/h3-7,19H,1-2,8H2. The van der Waals surface area contributed by atoms with Crippen molar-refractivity contribution in [3.05, 3.63) is 51.0 Å². The molecule has 1 aliphatic heterocycles. The normalized spacial score (nSPS) is 13.1. The van der Waals surface area contributed by atoms with Crippen LogP contribution in [-0.4, -0.2) is 13.2 Å². The molecule has 0 fully saturated rings. The Kier molecular flexibility index (Phi) is 4.34. The van der Waals surface area contributed by atoms with Gasteiger partial charge >= 0.3 is 0 Å². The van der Waals surface area contributed by atoms with Crippen LogP contribution in [0.5, 0.6) is 11.5 Å². The summed E-state index contributed by atoms with van der Waals surface area (Å²) in [6.45, 7) is 1.63. The highest BCUT2D eigenvalue weighted by Gasteiger charge is 2.16. The topological polar surface area (TPSA) is 30.5 Å². The fourth-order valence-corrected chi connectivity index (χ4v) is 2.94. The Hall–Kier alpha value is -1.29. The van der Waals surface area contributed by atoms with Crippen LogP contribution in [0.15, 0.2) is 30.3 Å². The van der Waals surface area contributed by atoms with Crippen molar-refractivity contribution in [3.63, 3.8) is 0 Å². The average molecular weight is 345 g/mol. The molecule has 3 rings (SSSR count). The molecule has 0 bridgehead atoms. The van der Waals surface area contributed by atoms with Crippen LogP contribution in [0.1, 0.15) is 5.56 Å². The molecular weight excluding hydrogens is 333 g/mol. The lowest BCUT2D eigenvalue weighted by molar-refractivity contribution is 0.171. The summed E-state index contributed by atoms with van der Waals surface area (Å²) in [5.41, 5.74) is 1.83. The fraction of sp³-hybridized carbons (Fsp3) is 0.200. The Balaban J connectivity index is 1.77. The molecule has 6 heteroatoms. The summed E-state index contributed by atoms with van der Waals surface area (Å²) in [6.07, 6.45) is 0. The van der Waals surface area contributed by atoms with Gasteiger partial charge in [0.1, 0.15) is 13.2 Å². The number of anilines is 1. The maximum Gasteiger partial charge on any atom is 0.179 e. The minimum absolute atomic E-state index is 0.519. The lowest BCUT2D eigenvalue weighted by atomic mass is 10.2. The van der Waals surface area contributed by atoms with Gasteiger partial charge in [0.05, 0.1) is 5.02 Å². The Morgan fingerprint density at radius 3 is 2.38 bits per heavy atom. The molecule has 0 saturated carbocycles. The van der Waals surface area contributed by atoms with Gasteiger partial charge in [0, 0.05) is 22.3 Å². The van der Waals surface area contributed by atoms with E-state index in [9.17, 15) is 0 Å². The predicted octanol–water partition coefficient (Wildman–Crippen LogP) is 5.03. The van der Waals surface area contributed by atoms with Crippen LogP contribution >= 0.6 is 34.8 Å². The van der Waals surface area contributed by atoms with E-state index in [1.54, 1.807) is 6.07 Å². The van der Waals surface area contributed by atoms with Crippen LogP contribution in [0.4, 0.5) is 5.69 Å². The van der Waals surface area contributed by atoms with Crippen molar-refractivity contribution in [2.24, 2.45) is 0 Å². The van der Waals surface area contributed by atoms with Gasteiger partial charge in [-0.3, -0.25) is 0 Å². The van der Waals surface area contributed by atoms with Gasteiger partial charge in [0.2, 0.25) is 0 Å². The molecule has 110 valence electrons. The molecule has 1 N–H and O–H groups in total. The summed E-state index contributed by atoms with van der Waals surface area (Å²) in [5, 5.41) is 4.98. The van der Waals surface area contributed by atoms with E-state index in [0.717, 1.165) is 11.3 Å². The number of hydrogen-bond donors (Lipinski definition) is 1. The van der Waals surface area contributed by atoms with Gasteiger partial charge in [-0.25, -0.2) is 0 Å². The van der Waals surface area contributed by atoms with Crippen LogP contribution < -0.4 is 14.8 Å². The van der Waals surface area contributed by atoms with Gasteiger partial charge < -0.3 is 14.8 Å². The third-order valence-electron chi connectivity index (χ3n) is 3.02. The second-order valence-electron chi connectivity index (χ2n) is 4.61. The molecule has 0 radical (unpaired) electrons. The first-order valence-corrected chi connectivity index (χ1v) is 7.53.